The van der Waals surface area contributed by atoms with Gasteiger partial charge in [0.15, 0.2) is 0 Å². The van der Waals surface area contributed by atoms with Crippen molar-refractivity contribution in [1.29, 1.82) is 0 Å². The molecule has 9 aromatic carbocycles. The first kappa shape index (κ1) is 31.9. The molecular weight excluding hydrogens is 691 g/mol. The number of nitrogens with zero attached hydrogens (tertiary/aromatic N) is 1. The number of benzene rings is 9. The fraction of sp³-hybridized carbons (Fsp3) is 0.0182. The molecule has 10 aromatic rings. The highest BCUT2D eigenvalue weighted by atomic mass is 16.3. The summed E-state index contributed by atoms with van der Waals surface area (Å²) in [7, 11) is 0. The lowest BCUT2D eigenvalue weighted by Crippen LogP contribution is -2.29. The Balaban J connectivity index is 1.21. The molecule has 0 saturated carbocycles. The summed E-state index contributed by atoms with van der Waals surface area (Å²) in [4.78, 5) is 2.45. The topological polar surface area (TPSA) is 16.4 Å². The molecule has 0 saturated heterocycles. The Morgan fingerprint density at radius 2 is 0.789 bits per heavy atom. The molecule has 2 aliphatic carbocycles. The molecule has 266 valence electrons. The van der Waals surface area contributed by atoms with Crippen LogP contribution in [-0.4, -0.2) is 0 Å². The Kier molecular flexibility index (Phi) is 6.88. The number of hydrogen-bond acceptors (Lipinski definition) is 2. The van der Waals surface area contributed by atoms with Crippen molar-refractivity contribution in [3.63, 3.8) is 0 Å². The van der Waals surface area contributed by atoms with Crippen molar-refractivity contribution in [3.05, 3.63) is 235 Å². The normalized spacial score (nSPS) is 13.1. The van der Waals surface area contributed by atoms with Gasteiger partial charge < -0.3 is 9.32 Å². The predicted octanol–water partition coefficient (Wildman–Crippen LogP) is 14.7. The zero-order chi connectivity index (χ0) is 37.5. The van der Waals surface area contributed by atoms with Crippen LogP contribution in [-0.2, 0) is 5.41 Å². The number of anilines is 3. The summed E-state index contributed by atoms with van der Waals surface area (Å²) < 4.78 is 6.36. The van der Waals surface area contributed by atoms with Crippen molar-refractivity contribution in [3.8, 4) is 44.5 Å². The molecule has 0 amide bonds. The fourth-order valence-electron chi connectivity index (χ4n) is 9.99. The van der Waals surface area contributed by atoms with Crippen LogP contribution in [0.3, 0.4) is 0 Å². The first-order chi connectivity index (χ1) is 28.3. The highest BCUT2D eigenvalue weighted by Gasteiger charge is 2.49. The second kappa shape index (κ2) is 12.3. The maximum atomic E-state index is 6.36. The molecule has 2 aliphatic rings. The number of rotatable bonds is 4. The molecule has 1 aromatic heterocycles. The minimum Gasteiger partial charge on any atom is -0.456 e. The van der Waals surface area contributed by atoms with Crippen LogP contribution in [0.1, 0.15) is 22.3 Å². The van der Waals surface area contributed by atoms with Crippen LogP contribution < -0.4 is 4.90 Å². The lowest BCUT2D eigenvalue weighted by Gasteiger charge is -2.36. The zero-order valence-electron chi connectivity index (χ0n) is 31.1. The summed E-state index contributed by atoms with van der Waals surface area (Å²) in [5, 5.41) is 2.21. The van der Waals surface area contributed by atoms with Gasteiger partial charge in [0.05, 0.1) is 11.1 Å². The fourth-order valence-corrected chi connectivity index (χ4v) is 9.99. The highest BCUT2D eigenvalue weighted by molar-refractivity contribution is 6.07. The second-order valence-corrected chi connectivity index (χ2v) is 15.2. The molecular formula is C55H35NO. The minimum atomic E-state index is -0.580. The summed E-state index contributed by atoms with van der Waals surface area (Å²) in [5.74, 6) is 0. The van der Waals surface area contributed by atoms with Crippen LogP contribution in [0.2, 0.25) is 0 Å². The van der Waals surface area contributed by atoms with Crippen molar-refractivity contribution in [2.24, 2.45) is 0 Å². The maximum absolute atomic E-state index is 6.36. The first-order valence-electron chi connectivity index (χ1n) is 19.7. The molecule has 2 heteroatoms. The lowest BCUT2D eigenvalue weighted by atomic mass is 9.66. The summed E-state index contributed by atoms with van der Waals surface area (Å²) in [6.07, 6.45) is 0. The first-order valence-corrected chi connectivity index (χ1v) is 19.7. The Morgan fingerprint density at radius 3 is 1.47 bits per heavy atom. The van der Waals surface area contributed by atoms with Crippen LogP contribution in [0, 0.1) is 0 Å². The summed E-state index contributed by atoms with van der Waals surface area (Å²) in [6, 6.07) is 77.9. The van der Waals surface area contributed by atoms with Gasteiger partial charge in [0.2, 0.25) is 0 Å². The molecule has 0 unspecified atom stereocenters. The summed E-state index contributed by atoms with van der Waals surface area (Å²) in [6.45, 7) is 0. The van der Waals surface area contributed by atoms with Crippen LogP contribution in [0.15, 0.2) is 217 Å². The van der Waals surface area contributed by atoms with Gasteiger partial charge in [-0.2, -0.15) is 0 Å². The maximum Gasteiger partial charge on any atom is 0.135 e. The van der Waals surface area contributed by atoms with Crippen LogP contribution in [0.5, 0.6) is 0 Å². The number of furan rings is 1. The Bertz CT molecular complexity index is 3160. The van der Waals surface area contributed by atoms with Crippen LogP contribution >= 0.6 is 0 Å². The van der Waals surface area contributed by atoms with Gasteiger partial charge in [0, 0.05) is 27.7 Å². The smallest absolute Gasteiger partial charge is 0.135 e. The average Bonchev–Trinajstić information content (AvgIpc) is 3.77. The average molecular weight is 726 g/mol. The van der Waals surface area contributed by atoms with E-state index in [-0.39, 0.29) is 0 Å². The molecule has 2 nitrogen and oxygen atoms in total. The zero-order valence-corrected chi connectivity index (χ0v) is 31.1. The van der Waals surface area contributed by atoms with Gasteiger partial charge in [0.25, 0.3) is 0 Å². The summed E-state index contributed by atoms with van der Waals surface area (Å²) in [5.41, 5.74) is 19.5. The van der Waals surface area contributed by atoms with Gasteiger partial charge in [-0.25, -0.2) is 0 Å². The van der Waals surface area contributed by atoms with E-state index in [2.05, 4.69) is 211 Å². The van der Waals surface area contributed by atoms with Gasteiger partial charge in [-0.15, -0.1) is 0 Å². The highest BCUT2D eigenvalue weighted by Crippen LogP contribution is 2.62. The van der Waals surface area contributed by atoms with E-state index >= 15 is 0 Å². The molecule has 0 N–H and O–H groups in total. The summed E-state index contributed by atoms with van der Waals surface area (Å²) >= 11 is 0. The Labute approximate surface area is 331 Å². The lowest BCUT2D eigenvalue weighted by molar-refractivity contribution is 0.669. The van der Waals surface area contributed by atoms with Crippen molar-refractivity contribution >= 4 is 39.0 Å². The van der Waals surface area contributed by atoms with Crippen molar-refractivity contribution in [2.75, 3.05) is 4.90 Å². The number of fused-ring (bicyclic) bond motifs is 15. The van der Waals surface area contributed by atoms with Gasteiger partial charge in [0.1, 0.15) is 11.2 Å². The molecule has 12 rings (SSSR count). The van der Waals surface area contributed by atoms with E-state index in [0.717, 1.165) is 44.6 Å². The van der Waals surface area contributed by atoms with E-state index in [1.807, 2.05) is 6.07 Å². The van der Waals surface area contributed by atoms with Gasteiger partial charge in [-0.3, -0.25) is 0 Å². The van der Waals surface area contributed by atoms with Crippen molar-refractivity contribution in [1.82, 2.24) is 0 Å². The monoisotopic (exact) mass is 725 g/mol. The molecule has 0 fully saturated rings. The van der Waals surface area contributed by atoms with E-state index in [0.29, 0.717) is 0 Å². The second-order valence-electron chi connectivity index (χ2n) is 15.2. The molecule has 1 spiro atoms. The molecule has 0 aliphatic heterocycles. The molecule has 0 bridgehead atoms. The van der Waals surface area contributed by atoms with E-state index in [4.69, 9.17) is 4.42 Å². The van der Waals surface area contributed by atoms with Crippen LogP contribution in [0.4, 0.5) is 17.1 Å². The van der Waals surface area contributed by atoms with E-state index in [1.165, 1.54) is 61.2 Å². The molecule has 1 heterocycles. The van der Waals surface area contributed by atoms with Gasteiger partial charge in [-0.05, 0) is 104 Å². The van der Waals surface area contributed by atoms with Crippen molar-refractivity contribution in [2.45, 2.75) is 5.41 Å². The third-order valence-electron chi connectivity index (χ3n) is 12.3. The third-order valence-corrected chi connectivity index (χ3v) is 12.3. The molecule has 0 atom stereocenters. The van der Waals surface area contributed by atoms with E-state index in [1.54, 1.807) is 0 Å². The number of para-hydroxylation sites is 2. The third kappa shape index (κ3) is 4.53. The van der Waals surface area contributed by atoms with Crippen molar-refractivity contribution < 1.29 is 4.42 Å². The number of hydrogen-bond donors (Lipinski definition) is 0. The van der Waals surface area contributed by atoms with E-state index < -0.39 is 5.41 Å². The van der Waals surface area contributed by atoms with Crippen LogP contribution in [0.25, 0.3) is 66.4 Å². The largest absolute Gasteiger partial charge is 0.456 e. The Hall–Kier alpha value is -7.42. The molecule has 57 heavy (non-hydrogen) atoms. The van der Waals surface area contributed by atoms with Gasteiger partial charge in [-0.1, -0.05) is 170 Å². The predicted molar refractivity (Wildman–Crippen MR) is 236 cm³/mol. The standard InChI is InChI=1S/C55H35NO/c1-2-16-36(17-3-1)39-18-9-14-28-52(39)56(37-31-33-54-47(34-37)46-24-10-15-29-53(46)57-54)38-30-32-45-41-20-5-4-19-40(41)42-21-6-11-25-48(42)55(51(45)35-38)49-26-12-7-22-43(49)44-23-8-13-27-50(44)55/h1-35H. The van der Waals surface area contributed by atoms with E-state index in [9.17, 15) is 0 Å². The molecule has 0 radical (unpaired) electrons. The Morgan fingerprint density at radius 1 is 0.316 bits per heavy atom. The SMILES string of the molecule is c1ccc(-c2ccccc2N(c2ccc3c(c2)C2(c4ccccc4-c4ccccc4-3)c3ccccc3-c3ccccc32)c2ccc3oc4ccccc4c3c2)cc1. The van der Waals surface area contributed by atoms with Gasteiger partial charge >= 0.3 is 0 Å². The quantitative estimate of drug-likeness (QED) is 0.180. The minimum absolute atomic E-state index is 0.580.